The van der Waals surface area contributed by atoms with Crippen LogP contribution < -0.4 is 10.1 Å². The third-order valence-electron chi connectivity index (χ3n) is 5.49. The standard InChI is InChI=1S/C27H19Cl2F3N2O5/c28-19-8-9-21(20(29)14-19)38-11-10-33-26(37)23-24(17-3-1-2-15(12-17)13-22(35)36)34-39-25(23)16-4-6-18(7-5-16)27(30,31)32/h1-9,12,14H,10-11,13H2,(H,33,37)(H,35,36). The molecule has 0 atom stereocenters. The Morgan fingerprint density at radius 3 is 2.41 bits per heavy atom. The number of carboxylic acid groups (broad SMARTS) is 1. The Balaban J connectivity index is 1.62. The van der Waals surface area contributed by atoms with Crippen molar-refractivity contribution in [3.05, 3.63) is 93.5 Å². The smallest absolute Gasteiger partial charge is 0.416 e. The second-order valence-electron chi connectivity index (χ2n) is 8.26. The number of hydrogen-bond donors (Lipinski definition) is 2. The van der Waals surface area contributed by atoms with E-state index in [4.69, 9.17) is 37.6 Å². The van der Waals surface area contributed by atoms with Crippen molar-refractivity contribution >= 4 is 35.1 Å². The first-order chi connectivity index (χ1) is 18.5. The molecule has 0 aliphatic rings. The lowest BCUT2D eigenvalue weighted by Gasteiger charge is -2.11. The van der Waals surface area contributed by atoms with Crippen molar-refractivity contribution < 1.29 is 37.1 Å². The molecule has 1 aromatic heterocycles. The van der Waals surface area contributed by atoms with Crippen molar-refractivity contribution in [1.29, 1.82) is 0 Å². The van der Waals surface area contributed by atoms with Crippen molar-refractivity contribution in [2.24, 2.45) is 0 Å². The fourth-order valence-electron chi connectivity index (χ4n) is 3.71. The minimum absolute atomic E-state index is 0.0354. The summed E-state index contributed by atoms with van der Waals surface area (Å²) in [6, 6.07) is 15.2. The lowest BCUT2D eigenvalue weighted by atomic mass is 9.99. The number of carbonyl (C=O) groups is 2. The summed E-state index contributed by atoms with van der Waals surface area (Å²) in [7, 11) is 0. The van der Waals surface area contributed by atoms with Crippen LogP contribution in [0.2, 0.25) is 10.0 Å². The van der Waals surface area contributed by atoms with Crippen LogP contribution in [0.15, 0.2) is 71.3 Å². The number of hydrogen-bond acceptors (Lipinski definition) is 5. The molecule has 0 aliphatic heterocycles. The third kappa shape index (κ3) is 6.90. The number of aromatic nitrogens is 1. The van der Waals surface area contributed by atoms with Crippen LogP contribution in [-0.2, 0) is 17.4 Å². The average Bonchev–Trinajstić information content (AvgIpc) is 3.32. The Bertz CT molecular complexity index is 1500. The van der Waals surface area contributed by atoms with Gasteiger partial charge in [0.05, 0.1) is 23.6 Å². The number of amides is 1. The maximum atomic E-state index is 13.3. The minimum atomic E-state index is -4.54. The highest BCUT2D eigenvalue weighted by atomic mass is 35.5. The fraction of sp³-hybridized carbons (Fsp3) is 0.148. The van der Waals surface area contributed by atoms with E-state index < -0.39 is 23.6 Å². The van der Waals surface area contributed by atoms with E-state index in [0.717, 1.165) is 12.1 Å². The molecule has 0 saturated heterocycles. The second-order valence-corrected chi connectivity index (χ2v) is 9.10. The van der Waals surface area contributed by atoms with Crippen LogP contribution in [0, 0.1) is 0 Å². The number of ether oxygens (including phenoxy) is 1. The summed E-state index contributed by atoms with van der Waals surface area (Å²) in [5.74, 6) is -1.37. The van der Waals surface area contributed by atoms with Gasteiger partial charge >= 0.3 is 12.1 Å². The molecule has 0 unspecified atom stereocenters. The zero-order valence-electron chi connectivity index (χ0n) is 19.9. The normalized spacial score (nSPS) is 11.3. The first-order valence-electron chi connectivity index (χ1n) is 11.4. The Morgan fingerprint density at radius 2 is 1.74 bits per heavy atom. The van der Waals surface area contributed by atoms with E-state index in [2.05, 4.69) is 10.5 Å². The van der Waals surface area contributed by atoms with E-state index in [-0.39, 0.29) is 42.2 Å². The third-order valence-corrected chi connectivity index (χ3v) is 6.02. The summed E-state index contributed by atoms with van der Waals surface area (Å²) in [5, 5.41) is 16.5. The number of nitrogens with one attached hydrogen (secondary N) is 1. The zero-order chi connectivity index (χ0) is 28.2. The van der Waals surface area contributed by atoms with Crippen LogP contribution >= 0.6 is 23.2 Å². The molecule has 1 heterocycles. The number of halogens is 5. The minimum Gasteiger partial charge on any atom is -0.490 e. The highest BCUT2D eigenvalue weighted by Gasteiger charge is 2.31. The molecule has 3 aromatic carbocycles. The molecule has 0 radical (unpaired) electrons. The van der Waals surface area contributed by atoms with Gasteiger partial charge in [0.25, 0.3) is 5.91 Å². The number of aliphatic carboxylic acids is 1. The molecular formula is C27H19Cl2F3N2O5. The number of carbonyl (C=O) groups excluding carboxylic acids is 1. The Labute approximate surface area is 230 Å². The molecular weight excluding hydrogens is 560 g/mol. The Hall–Kier alpha value is -4.02. The zero-order valence-corrected chi connectivity index (χ0v) is 21.4. The second kappa shape index (κ2) is 11.8. The predicted molar refractivity (Wildman–Crippen MR) is 138 cm³/mol. The van der Waals surface area contributed by atoms with Gasteiger partial charge in [0.1, 0.15) is 23.6 Å². The Kier molecular flexibility index (Phi) is 8.47. The quantitative estimate of drug-likeness (QED) is 0.212. The molecule has 202 valence electrons. The van der Waals surface area contributed by atoms with Crippen LogP contribution in [0.3, 0.4) is 0 Å². The van der Waals surface area contributed by atoms with Crippen LogP contribution in [0.5, 0.6) is 5.75 Å². The molecule has 4 rings (SSSR count). The van der Waals surface area contributed by atoms with Gasteiger partial charge in [-0.3, -0.25) is 9.59 Å². The molecule has 4 aromatic rings. The van der Waals surface area contributed by atoms with Crippen molar-refractivity contribution in [2.75, 3.05) is 13.2 Å². The molecule has 0 saturated carbocycles. The lowest BCUT2D eigenvalue weighted by Crippen LogP contribution is -2.28. The van der Waals surface area contributed by atoms with Crippen LogP contribution in [0.25, 0.3) is 22.6 Å². The molecule has 0 aliphatic carbocycles. The summed E-state index contributed by atoms with van der Waals surface area (Å²) in [5.41, 5.74) is 0.237. The fourth-order valence-corrected chi connectivity index (χ4v) is 4.18. The summed E-state index contributed by atoms with van der Waals surface area (Å²) >= 11 is 12.0. The van der Waals surface area contributed by atoms with Gasteiger partial charge in [-0.15, -0.1) is 0 Å². The summed E-state index contributed by atoms with van der Waals surface area (Å²) < 4.78 is 50.2. The van der Waals surface area contributed by atoms with Gasteiger partial charge in [-0.05, 0) is 42.0 Å². The van der Waals surface area contributed by atoms with Crippen molar-refractivity contribution in [3.8, 4) is 28.3 Å². The Morgan fingerprint density at radius 1 is 1.00 bits per heavy atom. The van der Waals surface area contributed by atoms with E-state index in [9.17, 15) is 22.8 Å². The van der Waals surface area contributed by atoms with Gasteiger partial charge in [0, 0.05) is 16.1 Å². The monoisotopic (exact) mass is 578 g/mol. The molecule has 1 amide bonds. The number of nitrogens with zero attached hydrogens (tertiary/aromatic N) is 1. The summed E-state index contributed by atoms with van der Waals surface area (Å²) in [4.78, 5) is 24.5. The van der Waals surface area contributed by atoms with Crippen LogP contribution in [0.4, 0.5) is 13.2 Å². The maximum absolute atomic E-state index is 13.3. The van der Waals surface area contributed by atoms with E-state index in [0.29, 0.717) is 26.9 Å². The maximum Gasteiger partial charge on any atom is 0.416 e. The number of benzene rings is 3. The number of carboxylic acids is 1. The summed E-state index contributed by atoms with van der Waals surface area (Å²) in [6.45, 7) is 0.0747. The van der Waals surface area contributed by atoms with Crippen molar-refractivity contribution in [2.45, 2.75) is 12.6 Å². The van der Waals surface area contributed by atoms with Gasteiger partial charge in [0.2, 0.25) is 0 Å². The van der Waals surface area contributed by atoms with Gasteiger partial charge in [-0.1, -0.05) is 58.7 Å². The van der Waals surface area contributed by atoms with Crippen LogP contribution in [0.1, 0.15) is 21.5 Å². The molecule has 39 heavy (non-hydrogen) atoms. The first-order valence-corrected chi connectivity index (χ1v) is 12.1. The number of rotatable bonds is 9. The van der Waals surface area contributed by atoms with Crippen molar-refractivity contribution in [3.63, 3.8) is 0 Å². The molecule has 0 spiro atoms. The molecule has 2 N–H and O–H groups in total. The first kappa shape index (κ1) is 28.0. The topological polar surface area (TPSA) is 102 Å². The molecule has 0 fully saturated rings. The van der Waals surface area contributed by atoms with E-state index >= 15 is 0 Å². The van der Waals surface area contributed by atoms with Gasteiger partial charge < -0.3 is 19.7 Å². The van der Waals surface area contributed by atoms with Gasteiger partial charge in [0.15, 0.2) is 5.76 Å². The predicted octanol–water partition coefficient (Wildman–Crippen LogP) is 6.77. The SMILES string of the molecule is O=C(O)Cc1cccc(-c2noc(-c3ccc(C(F)(F)F)cc3)c2C(=O)NCCOc2ccc(Cl)cc2Cl)c1. The van der Waals surface area contributed by atoms with Gasteiger partial charge in [-0.25, -0.2) is 0 Å². The lowest BCUT2D eigenvalue weighted by molar-refractivity contribution is -0.138. The average molecular weight is 579 g/mol. The van der Waals surface area contributed by atoms with E-state index in [1.165, 1.54) is 18.2 Å². The van der Waals surface area contributed by atoms with Gasteiger partial charge in [-0.2, -0.15) is 13.2 Å². The van der Waals surface area contributed by atoms with Crippen LogP contribution in [-0.4, -0.2) is 35.3 Å². The summed E-state index contributed by atoms with van der Waals surface area (Å²) in [6.07, 6.45) is -4.80. The van der Waals surface area contributed by atoms with E-state index in [1.54, 1.807) is 36.4 Å². The molecule has 0 bridgehead atoms. The highest BCUT2D eigenvalue weighted by Crippen LogP contribution is 2.35. The largest absolute Gasteiger partial charge is 0.490 e. The van der Waals surface area contributed by atoms with E-state index in [1.807, 2.05) is 0 Å². The molecule has 7 nitrogen and oxygen atoms in total. The highest BCUT2D eigenvalue weighted by molar-refractivity contribution is 6.35. The van der Waals surface area contributed by atoms with Crippen molar-refractivity contribution in [1.82, 2.24) is 10.5 Å². The molecule has 12 heteroatoms. The number of alkyl halides is 3.